The van der Waals surface area contributed by atoms with Crippen LogP contribution >= 0.6 is 0 Å². The lowest BCUT2D eigenvalue weighted by Gasteiger charge is -2.37. The van der Waals surface area contributed by atoms with Crippen molar-refractivity contribution in [2.24, 2.45) is 10.9 Å². The number of nitrogens with zero attached hydrogens (tertiary/aromatic N) is 2. The molecule has 2 unspecified atom stereocenters. The van der Waals surface area contributed by atoms with Crippen molar-refractivity contribution in [2.45, 2.75) is 44.8 Å². The highest BCUT2D eigenvalue weighted by Crippen LogP contribution is 2.40. The summed E-state index contributed by atoms with van der Waals surface area (Å²) in [4.78, 5) is 44.9. The number of amides is 2. The fourth-order valence-corrected chi connectivity index (χ4v) is 5.60. The summed E-state index contributed by atoms with van der Waals surface area (Å²) >= 11 is 0. The molecule has 0 aromatic heterocycles. The number of carbonyl (C=O) groups excluding carboxylic acids is 3. The van der Waals surface area contributed by atoms with Gasteiger partial charge in [0, 0.05) is 55.5 Å². The molecule has 212 valence electrons. The van der Waals surface area contributed by atoms with Crippen molar-refractivity contribution in [3.05, 3.63) is 41.1 Å². The van der Waals surface area contributed by atoms with E-state index in [1.54, 1.807) is 32.0 Å². The Morgan fingerprint density at radius 1 is 1.10 bits per heavy atom. The van der Waals surface area contributed by atoms with E-state index in [2.05, 4.69) is 20.5 Å². The Hall–Kier alpha value is -3.28. The highest BCUT2D eigenvalue weighted by molar-refractivity contribution is 6.07. The van der Waals surface area contributed by atoms with E-state index in [0.717, 1.165) is 38.9 Å². The summed E-state index contributed by atoms with van der Waals surface area (Å²) in [5, 5.41) is 5.76. The Kier molecular flexibility index (Phi) is 9.36. The summed E-state index contributed by atoms with van der Waals surface area (Å²) in [5.74, 6) is -2.91. The van der Waals surface area contributed by atoms with Crippen LogP contribution in [0.4, 0.5) is 10.5 Å². The second-order valence-corrected chi connectivity index (χ2v) is 10.0. The molecule has 3 aliphatic heterocycles. The van der Waals surface area contributed by atoms with E-state index >= 15 is 0 Å². The Morgan fingerprint density at radius 2 is 1.82 bits per heavy atom. The zero-order chi connectivity index (χ0) is 28.0. The third kappa shape index (κ3) is 6.66. The number of hydrogen-bond acceptors (Lipinski definition) is 9. The fraction of sp³-hybridized carbons (Fsp3) is 0.571. The van der Waals surface area contributed by atoms with E-state index in [4.69, 9.17) is 18.9 Å². The minimum Gasteiger partial charge on any atom is -0.468 e. The summed E-state index contributed by atoms with van der Waals surface area (Å²) < 4.78 is 21.6. The van der Waals surface area contributed by atoms with Crippen molar-refractivity contribution in [2.75, 3.05) is 58.9 Å². The minimum absolute atomic E-state index is 0.287. The summed E-state index contributed by atoms with van der Waals surface area (Å²) in [5.41, 5.74) is 2.51. The summed E-state index contributed by atoms with van der Waals surface area (Å²) in [6, 6.07) is 6.76. The van der Waals surface area contributed by atoms with Crippen LogP contribution in [0.3, 0.4) is 0 Å². The fourth-order valence-electron chi connectivity index (χ4n) is 5.60. The average molecular weight is 543 g/mol. The quantitative estimate of drug-likeness (QED) is 0.379. The largest absolute Gasteiger partial charge is 0.468 e. The number of methoxy groups -OCH3 is 2. The normalized spacial score (nSPS) is 22.8. The molecule has 3 aliphatic rings. The molecular formula is C28H38N4O7. The Labute approximate surface area is 228 Å². The van der Waals surface area contributed by atoms with Gasteiger partial charge in [0.15, 0.2) is 5.79 Å². The first-order valence-electron chi connectivity index (χ1n) is 13.3. The van der Waals surface area contributed by atoms with Gasteiger partial charge in [0.25, 0.3) is 0 Å². The zero-order valence-corrected chi connectivity index (χ0v) is 23.1. The molecule has 11 heteroatoms. The van der Waals surface area contributed by atoms with Crippen LogP contribution < -0.4 is 10.6 Å². The number of allylic oxidation sites excluding steroid dienone is 1. The molecule has 2 saturated heterocycles. The number of carbonyl (C=O) groups is 3. The number of rotatable bonds is 8. The zero-order valence-electron chi connectivity index (χ0n) is 23.1. The number of aliphatic imine (C=N–C) groups is 1. The Bertz CT molecular complexity index is 1130. The maximum Gasteiger partial charge on any atom is 0.336 e. The number of nitrogens with one attached hydrogen (secondary N) is 2. The highest BCUT2D eigenvalue weighted by Gasteiger charge is 2.42. The smallest absolute Gasteiger partial charge is 0.336 e. The second-order valence-electron chi connectivity index (χ2n) is 10.0. The topological polar surface area (TPSA) is 128 Å². The second kappa shape index (κ2) is 12.7. The van der Waals surface area contributed by atoms with Crippen LogP contribution in [-0.4, -0.2) is 88.0 Å². The third-order valence-corrected chi connectivity index (χ3v) is 7.56. The number of piperidine rings is 1. The van der Waals surface area contributed by atoms with Gasteiger partial charge in [-0.25, -0.2) is 9.59 Å². The van der Waals surface area contributed by atoms with Gasteiger partial charge in [-0.2, -0.15) is 0 Å². The van der Waals surface area contributed by atoms with Crippen molar-refractivity contribution in [3.8, 4) is 0 Å². The van der Waals surface area contributed by atoms with Gasteiger partial charge in [0.2, 0.25) is 0 Å². The van der Waals surface area contributed by atoms with Gasteiger partial charge in [-0.05, 0) is 44.5 Å². The lowest BCUT2D eigenvalue weighted by atomic mass is 9.75. The molecule has 2 fully saturated rings. The molecule has 0 aliphatic carbocycles. The maximum absolute atomic E-state index is 12.7. The van der Waals surface area contributed by atoms with Crippen molar-refractivity contribution in [1.82, 2.24) is 10.2 Å². The molecule has 2 amide bonds. The summed E-state index contributed by atoms with van der Waals surface area (Å²) in [6.45, 7) is 8.03. The predicted octanol–water partition coefficient (Wildman–Crippen LogP) is 2.83. The molecule has 3 heterocycles. The first kappa shape index (κ1) is 28.7. The SMILES string of the molecule is COC(=O)C1=C(C)N=C(C)C(C(=O)OC)C1c1cccc(NC(=O)NCCCN2CCC3(CC2)OCCO3)c1. The molecule has 0 bridgehead atoms. The van der Waals surface area contributed by atoms with Crippen molar-refractivity contribution in [3.63, 3.8) is 0 Å². The molecule has 1 aromatic rings. The summed E-state index contributed by atoms with van der Waals surface area (Å²) in [7, 11) is 2.60. The van der Waals surface area contributed by atoms with E-state index in [9.17, 15) is 14.4 Å². The highest BCUT2D eigenvalue weighted by atomic mass is 16.7. The molecule has 11 nitrogen and oxygen atoms in total. The molecule has 0 radical (unpaired) electrons. The lowest BCUT2D eigenvalue weighted by molar-refractivity contribution is -0.185. The Morgan fingerprint density at radius 3 is 2.49 bits per heavy atom. The summed E-state index contributed by atoms with van der Waals surface area (Å²) in [6.07, 6.45) is 2.55. The number of benzene rings is 1. The average Bonchev–Trinajstić information content (AvgIpc) is 3.39. The molecule has 2 atom stereocenters. The van der Waals surface area contributed by atoms with Gasteiger partial charge in [-0.1, -0.05) is 12.1 Å². The molecule has 1 spiro atoms. The first-order valence-corrected chi connectivity index (χ1v) is 13.3. The number of ether oxygens (including phenoxy) is 4. The standard InChI is InChI=1S/C28H38N4O7/c1-18-22(25(33)36-3)24(23(19(2)30-18)26(34)37-4)20-7-5-8-21(17-20)31-27(35)29-11-6-12-32-13-9-28(10-14-32)38-15-16-39-28/h5,7-8,17,22,24H,6,9-16H2,1-4H3,(H2,29,31,35). The van der Waals surface area contributed by atoms with Gasteiger partial charge in [0.05, 0.1) is 33.0 Å². The van der Waals surface area contributed by atoms with Crippen molar-refractivity contribution < 1.29 is 33.3 Å². The van der Waals surface area contributed by atoms with Crippen molar-refractivity contribution >= 4 is 29.4 Å². The molecular weight excluding hydrogens is 504 g/mol. The van der Waals surface area contributed by atoms with Crippen LogP contribution in [0.25, 0.3) is 0 Å². The lowest BCUT2D eigenvalue weighted by Crippen LogP contribution is -2.45. The van der Waals surface area contributed by atoms with Crippen LogP contribution in [0.1, 0.15) is 44.6 Å². The number of urea groups is 1. The van der Waals surface area contributed by atoms with Crippen LogP contribution in [0.15, 0.2) is 40.5 Å². The number of anilines is 1. The first-order chi connectivity index (χ1) is 18.8. The van der Waals surface area contributed by atoms with Crippen LogP contribution in [-0.2, 0) is 28.5 Å². The maximum atomic E-state index is 12.7. The van der Waals surface area contributed by atoms with Gasteiger partial charge < -0.3 is 34.5 Å². The monoisotopic (exact) mass is 542 g/mol. The molecule has 4 rings (SSSR count). The molecule has 0 saturated carbocycles. The van der Waals surface area contributed by atoms with Gasteiger partial charge in [-0.15, -0.1) is 0 Å². The van der Waals surface area contributed by atoms with Gasteiger partial charge in [0.1, 0.15) is 5.92 Å². The Balaban J connectivity index is 1.35. The van der Waals surface area contributed by atoms with Crippen molar-refractivity contribution in [1.29, 1.82) is 0 Å². The third-order valence-electron chi connectivity index (χ3n) is 7.56. The minimum atomic E-state index is -0.798. The van der Waals surface area contributed by atoms with E-state index in [-0.39, 0.29) is 17.4 Å². The molecule has 1 aromatic carbocycles. The number of likely N-dealkylation sites (tertiary alicyclic amines) is 1. The van der Waals surface area contributed by atoms with Crippen LogP contribution in [0.2, 0.25) is 0 Å². The van der Waals surface area contributed by atoms with Crippen LogP contribution in [0, 0.1) is 5.92 Å². The van der Waals surface area contributed by atoms with E-state index in [1.807, 2.05) is 6.07 Å². The predicted molar refractivity (Wildman–Crippen MR) is 144 cm³/mol. The number of hydrogen-bond donors (Lipinski definition) is 2. The number of esters is 2. The van der Waals surface area contributed by atoms with E-state index < -0.39 is 23.8 Å². The van der Waals surface area contributed by atoms with Gasteiger partial charge in [-0.3, -0.25) is 9.79 Å². The molecule has 2 N–H and O–H groups in total. The van der Waals surface area contributed by atoms with Gasteiger partial charge >= 0.3 is 18.0 Å². The molecule has 39 heavy (non-hydrogen) atoms. The van der Waals surface area contributed by atoms with Crippen LogP contribution in [0.5, 0.6) is 0 Å². The van der Waals surface area contributed by atoms with E-state index in [0.29, 0.717) is 42.4 Å². The van der Waals surface area contributed by atoms with E-state index in [1.165, 1.54) is 14.2 Å².